The Balaban J connectivity index is -0.0000000397. The first-order chi connectivity index (χ1) is 5.68. The minimum atomic E-state index is 1.02. The van der Waals surface area contributed by atoms with Crippen LogP contribution < -0.4 is 0 Å². The fourth-order valence-electron chi connectivity index (χ4n) is 0. The average Bonchev–Trinajstić information content (AvgIpc) is 2.13. The molecule has 0 radical (unpaired) electrons. The predicted molar refractivity (Wildman–Crippen MR) is 63.7 cm³/mol. The van der Waals surface area contributed by atoms with Gasteiger partial charge in [0, 0.05) is 0 Å². The largest absolute Gasteiger partial charge is 0.0988 e. The van der Waals surface area contributed by atoms with Crippen molar-refractivity contribution >= 4 is 0 Å². The summed E-state index contributed by atoms with van der Waals surface area (Å²) in [6, 6.07) is 0. The van der Waals surface area contributed by atoms with Crippen LogP contribution in [0.5, 0.6) is 0 Å². The van der Waals surface area contributed by atoms with Gasteiger partial charge in [0.25, 0.3) is 0 Å². The third-order valence-electron chi connectivity index (χ3n) is 0.348. The number of hydrogen-bond donors (Lipinski definition) is 0. The van der Waals surface area contributed by atoms with Crippen molar-refractivity contribution in [3.05, 3.63) is 24.8 Å². The summed E-state index contributed by atoms with van der Waals surface area (Å²) in [7, 11) is 0. The molecule has 0 amide bonds. The Bertz CT molecular complexity index is 60.4. The molecular formula is C12H28. The fraction of sp³-hybridized carbons (Fsp3) is 0.667. The van der Waals surface area contributed by atoms with E-state index in [2.05, 4.69) is 27.0 Å². The Morgan fingerprint density at radius 2 is 1.17 bits per heavy atom. The van der Waals surface area contributed by atoms with E-state index in [9.17, 15) is 0 Å². The van der Waals surface area contributed by atoms with Crippen molar-refractivity contribution in [2.24, 2.45) is 0 Å². The molecule has 0 heterocycles. The van der Waals surface area contributed by atoms with E-state index >= 15 is 0 Å². The standard InChI is InChI=1S/C5H8.C3H8.2C2H6/c1-4-5(2)3;1-3-2;2*1-2/h4H,1-2H2,3H3;3H2,1-2H3;2*1-2H3. The molecule has 0 rings (SSSR count). The Morgan fingerprint density at radius 1 is 1.08 bits per heavy atom. The van der Waals surface area contributed by atoms with Gasteiger partial charge in [0.15, 0.2) is 0 Å². The lowest BCUT2D eigenvalue weighted by Gasteiger charge is -1.71. The van der Waals surface area contributed by atoms with E-state index < -0.39 is 0 Å². The van der Waals surface area contributed by atoms with Gasteiger partial charge in [0.2, 0.25) is 0 Å². The molecule has 0 aliphatic carbocycles. The van der Waals surface area contributed by atoms with Crippen LogP contribution in [0.25, 0.3) is 0 Å². The molecule has 0 aromatic heterocycles. The summed E-state index contributed by atoms with van der Waals surface area (Å²) < 4.78 is 0. The molecule has 0 nitrogen and oxygen atoms in total. The molecule has 0 saturated carbocycles. The minimum Gasteiger partial charge on any atom is -0.0988 e. The highest BCUT2D eigenvalue weighted by molar-refractivity contribution is 5.05. The maximum Gasteiger partial charge on any atom is -0.0404 e. The highest BCUT2D eigenvalue weighted by Gasteiger charge is 1.59. The molecule has 0 aromatic rings. The molecule has 0 unspecified atom stereocenters. The van der Waals surface area contributed by atoms with E-state index in [4.69, 9.17) is 0 Å². The van der Waals surface area contributed by atoms with Gasteiger partial charge >= 0.3 is 0 Å². The monoisotopic (exact) mass is 172 g/mol. The van der Waals surface area contributed by atoms with E-state index in [0.717, 1.165) is 5.57 Å². The second-order valence-electron chi connectivity index (χ2n) is 1.76. The predicted octanol–water partition coefficient (Wildman–Crippen LogP) is 5.22. The minimum absolute atomic E-state index is 1.02. The summed E-state index contributed by atoms with van der Waals surface area (Å²) in [6.45, 7) is 21.2. The molecule has 12 heavy (non-hydrogen) atoms. The average molecular weight is 172 g/mol. The summed E-state index contributed by atoms with van der Waals surface area (Å²) in [5, 5.41) is 0. The van der Waals surface area contributed by atoms with Crippen LogP contribution in [0.2, 0.25) is 0 Å². The summed E-state index contributed by atoms with van der Waals surface area (Å²) in [4.78, 5) is 0. The van der Waals surface area contributed by atoms with E-state index in [1.165, 1.54) is 6.42 Å². The number of allylic oxidation sites excluding steroid dienone is 2. The molecule has 0 bridgehead atoms. The summed E-state index contributed by atoms with van der Waals surface area (Å²) in [6.07, 6.45) is 2.97. The first kappa shape index (κ1) is 22.5. The van der Waals surface area contributed by atoms with Crippen LogP contribution in [-0.4, -0.2) is 0 Å². The van der Waals surface area contributed by atoms with Crippen molar-refractivity contribution < 1.29 is 0 Å². The van der Waals surface area contributed by atoms with Gasteiger partial charge in [-0.25, -0.2) is 0 Å². The first-order valence-corrected chi connectivity index (χ1v) is 4.96. The van der Waals surface area contributed by atoms with Gasteiger partial charge in [0.05, 0.1) is 0 Å². The van der Waals surface area contributed by atoms with Crippen LogP contribution in [0, 0.1) is 0 Å². The molecule has 0 saturated heterocycles. The molecule has 76 valence electrons. The lowest BCUT2D eigenvalue weighted by molar-refractivity contribution is 1.09. The molecule has 0 heteroatoms. The zero-order chi connectivity index (χ0) is 11.0. The van der Waals surface area contributed by atoms with Crippen LogP contribution in [0.4, 0.5) is 0 Å². The molecule has 0 spiro atoms. The zero-order valence-electron chi connectivity index (χ0n) is 10.2. The summed E-state index contributed by atoms with van der Waals surface area (Å²) in [5.74, 6) is 0. The third-order valence-corrected chi connectivity index (χ3v) is 0.348. The van der Waals surface area contributed by atoms with E-state index in [1.54, 1.807) is 6.08 Å². The Morgan fingerprint density at radius 3 is 1.17 bits per heavy atom. The Kier molecular flexibility index (Phi) is 88.1. The lowest BCUT2D eigenvalue weighted by atomic mass is 10.4. The van der Waals surface area contributed by atoms with Gasteiger partial charge in [-0.15, -0.1) is 0 Å². The first-order valence-electron chi connectivity index (χ1n) is 4.96. The smallest absolute Gasteiger partial charge is 0.0404 e. The van der Waals surface area contributed by atoms with Crippen LogP contribution in [-0.2, 0) is 0 Å². The van der Waals surface area contributed by atoms with Crippen LogP contribution in [0.3, 0.4) is 0 Å². The van der Waals surface area contributed by atoms with Crippen LogP contribution in [0.15, 0.2) is 24.8 Å². The second kappa shape index (κ2) is 46.9. The van der Waals surface area contributed by atoms with Gasteiger partial charge in [-0.2, -0.15) is 0 Å². The molecule has 0 fully saturated rings. The van der Waals surface area contributed by atoms with Gasteiger partial charge in [0.1, 0.15) is 0 Å². The maximum absolute atomic E-state index is 3.56. The number of hydrogen-bond acceptors (Lipinski definition) is 0. The van der Waals surface area contributed by atoms with Crippen LogP contribution >= 0.6 is 0 Å². The number of rotatable bonds is 1. The normalized spacial score (nSPS) is 5.25. The van der Waals surface area contributed by atoms with Crippen molar-refractivity contribution in [3.63, 3.8) is 0 Å². The molecule has 0 atom stereocenters. The quantitative estimate of drug-likeness (QED) is 0.476. The summed E-state index contributed by atoms with van der Waals surface area (Å²) in [5.41, 5.74) is 1.02. The fourth-order valence-corrected chi connectivity index (χ4v) is 0. The maximum atomic E-state index is 3.56. The second-order valence-corrected chi connectivity index (χ2v) is 1.76. The van der Waals surface area contributed by atoms with Gasteiger partial charge < -0.3 is 0 Å². The summed E-state index contributed by atoms with van der Waals surface area (Å²) >= 11 is 0. The highest BCUT2D eigenvalue weighted by Crippen LogP contribution is 1.81. The zero-order valence-corrected chi connectivity index (χ0v) is 10.2. The van der Waals surface area contributed by atoms with Crippen molar-refractivity contribution in [3.8, 4) is 0 Å². The van der Waals surface area contributed by atoms with Crippen molar-refractivity contribution in [2.45, 2.75) is 54.9 Å². The van der Waals surface area contributed by atoms with Gasteiger partial charge in [-0.05, 0) is 6.92 Å². The van der Waals surface area contributed by atoms with E-state index in [0.29, 0.717) is 0 Å². The van der Waals surface area contributed by atoms with Gasteiger partial charge in [-0.1, -0.05) is 72.8 Å². The highest BCUT2D eigenvalue weighted by atomic mass is 13.7. The van der Waals surface area contributed by atoms with Crippen molar-refractivity contribution in [1.29, 1.82) is 0 Å². The van der Waals surface area contributed by atoms with Crippen molar-refractivity contribution in [2.75, 3.05) is 0 Å². The molecule has 0 aromatic carbocycles. The Hall–Kier alpha value is -0.520. The van der Waals surface area contributed by atoms with Crippen LogP contribution in [0.1, 0.15) is 54.9 Å². The van der Waals surface area contributed by atoms with E-state index in [1.807, 2.05) is 34.6 Å². The molecular weight excluding hydrogens is 144 g/mol. The molecule has 0 N–H and O–H groups in total. The molecule has 0 aliphatic heterocycles. The van der Waals surface area contributed by atoms with Gasteiger partial charge in [-0.3, -0.25) is 0 Å². The third kappa shape index (κ3) is 311. The van der Waals surface area contributed by atoms with E-state index in [-0.39, 0.29) is 0 Å². The Labute approximate surface area is 80.4 Å². The SMILES string of the molecule is C=CC(=C)C.CC.CC.CCC. The topological polar surface area (TPSA) is 0 Å². The lowest BCUT2D eigenvalue weighted by Crippen LogP contribution is -1.50. The van der Waals surface area contributed by atoms with Crippen molar-refractivity contribution in [1.82, 2.24) is 0 Å². The molecule has 0 aliphatic rings.